The molecule has 0 bridgehead atoms. The highest BCUT2D eigenvalue weighted by Crippen LogP contribution is 2.40. The number of aromatic nitrogens is 3. The maximum absolute atomic E-state index is 12.8. The van der Waals surface area contributed by atoms with E-state index in [0.717, 1.165) is 0 Å². The molecular formula is C24H24N4O6. The Morgan fingerprint density at radius 1 is 0.794 bits per heavy atom. The fourth-order valence-corrected chi connectivity index (χ4v) is 3.47. The van der Waals surface area contributed by atoms with E-state index in [1.807, 2.05) is 0 Å². The lowest BCUT2D eigenvalue weighted by Gasteiger charge is -2.12. The number of methoxy groups -OCH3 is 5. The minimum atomic E-state index is -0.301. The van der Waals surface area contributed by atoms with Crippen molar-refractivity contribution in [1.82, 2.24) is 14.6 Å². The van der Waals surface area contributed by atoms with Gasteiger partial charge in [0.2, 0.25) is 5.75 Å². The van der Waals surface area contributed by atoms with E-state index < -0.39 is 0 Å². The van der Waals surface area contributed by atoms with Crippen LogP contribution in [0.5, 0.6) is 28.7 Å². The lowest BCUT2D eigenvalue weighted by Crippen LogP contribution is -2.12. The van der Waals surface area contributed by atoms with Gasteiger partial charge in [-0.05, 0) is 42.5 Å². The molecule has 10 nitrogen and oxygen atoms in total. The number of benzene rings is 2. The van der Waals surface area contributed by atoms with Gasteiger partial charge in [0.15, 0.2) is 34.5 Å². The molecule has 2 aromatic carbocycles. The summed E-state index contributed by atoms with van der Waals surface area (Å²) in [5.41, 5.74) is 2.27. The van der Waals surface area contributed by atoms with Crippen molar-refractivity contribution in [2.45, 2.75) is 0 Å². The average molecular weight is 464 g/mol. The van der Waals surface area contributed by atoms with E-state index in [-0.39, 0.29) is 5.91 Å². The highest BCUT2D eigenvalue weighted by molar-refractivity contribution is 6.04. The van der Waals surface area contributed by atoms with Crippen LogP contribution in [0.4, 0.5) is 5.69 Å². The Morgan fingerprint density at radius 3 is 2.09 bits per heavy atom. The van der Waals surface area contributed by atoms with Gasteiger partial charge in [0.1, 0.15) is 0 Å². The molecule has 176 valence electrons. The highest BCUT2D eigenvalue weighted by Gasteiger charge is 2.17. The molecule has 4 rings (SSSR count). The van der Waals surface area contributed by atoms with E-state index in [9.17, 15) is 4.79 Å². The number of carbonyl (C=O) groups is 1. The molecule has 4 aromatic rings. The minimum Gasteiger partial charge on any atom is -0.493 e. The van der Waals surface area contributed by atoms with Crippen molar-refractivity contribution in [3.05, 3.63) is 54.2 Å². The van der Waals surface area contributed by atoms with Crippen LogP contribution in [0.1, 0.15) is 10.4 Å². The number of nitrogens with zero attached hydrogens (tertiary/aromatic N) is 3. The van der Waals surface area contributed by atoms with E-state index in [1.54, 1.807) is 74.5 Å². The van der Waals surface area contributed by atoms with Crippen LogP contribution in [-0.4, -0.2) is 56.1 Å². The summed E-state index contributed by atoms with van der Waals surface area (Å²) in [5.74, 6) is 2.65. The quantitative estimate of drug-likeness (QED) is 0.421. The van der Waals surface area contributed by atoms with Crippen LogP contribution in [0.15, 0.2) is 48.7 Å². The molecule has 1 amide bonds. The monoisotopic (exact) mass is 464 g/mol. The minimum absolute atomic E-state index is 0.301. The van der Waals surface area contributed by atoms with E-state index in [2.05, 4.69) is 15.4 Å². The van der Waals surface area contributed by atoms with Crippen molar-refractivity contribution in [2.24, 2.45) is 0 Å². The molecule has 2 aromatic heterocycles. The number of amides is 1. The van der Waals surface area contributed by atoms with Crippen molar-refractivity contribution >= 4 is 17.2 Å². The fourth-order valence-electron chi connectivity index (χ4n) is 3.47. The van der Waals surface area contributed by atoms with Crippen molar-refractivity contribution in [2.75, 3.05) is 40.9 Å². The van der Waals surface area contributed by atoms with Crippen molar-refractivity contribution in [3.8, 4) is 40.1 Å². The number of nitrogens with one attached hydrogen (secondary N) is 1. The predicted molar refractivity (Wildman–Crippen MR) is 126 cm³/mol. The second-order valence-electron chi connectivity index (χ2n) is 7.09. The molecular weight excluding hydrogens is 440 g/mol. The highest BCUT2D eigenvalue weighted by atomic mass is 16.5. The summed E-state index contributed by atoms with van der Waals surface area (Å²) >= 11 is 0. The first-order valence-electron chi connectivity index (χ1n) is 10.2. The Labute approximate surface area is 196 Å². The lowest BCUT2D eigenvalue weighted by molar-refractivity contribution is 0.102. The SMILES string of the molecule is COc1ccc(C(=O)Nc2ccc3nc(-c4cc(OC)c(OC)c(OC)c4)nn3c2)cc1OC. The Kier molecular flexibility index (Phi) is 6.39. The summed E-state index contributed by atoms with van der Waals surface area (Å²) in [6.07, 6.45) is 1.68. The van der Waals surface area contributed by atoms with Crippen LogP contribution in [0.25, 0.3) is 17.0 Å². The third-order valence-corrected chi connectivity index (χ3v) is 5.16. The van der Waals surface area contributed by atoms with Crippen LogP contribution in [0, 0.1) is 0 Å². The molecule has 0 aliphatic heterocycles. The molecule has 0 aliphatic carbocycles. The number of hydrogen-bond donors (Lipinski definition) is 1. The molecule has 0 spiro atoms. The second-order valence-corrected chi connectivity index (χ2v) is 7.09. The predicted octanol–water partition coefficient (Wildman–Crippen LogP) is 3.69. The van der Waals surface area contributed by atoms with E-state index in [1.165, 1.54) is 14.2 Å². The van der Waals surface area contributed by atoms with Crippen LogP contribution in [-0.2, 0) is 0 Å². The van der Waals surface area contributed by atoms with Gasteiger partial charge >= 0.3 is 0 Å². The second kappa shape index (κ2) is 9.57. The summed E-state index contributed by atoms with van der Waals surface area (Å²) in [4.78, 5) is 17.3. The van der Waals surface area contributed by atoms with Gasteiger partial charge in [0, 0.05) is 11.1 Å². The van der Waals surface area contributed by atoms with Gasteiger partial charge in [0.05, 0.1) is 47.4 Å². The van der Waals surface area contributed by atoms with Gasteiger partial charge < -0.3 is 29.0 Å². The summed E-state index contributed by atoms with van der Waals surface area (Å²) < 4.78 is 28.3. The molecule has 0 saturated heterocycles. The maximum atomic E-state index is 12.8. The van der Waals surface area contributed by atoms with Gasteiger partial charge in [-0.3, -0.25) is 4.79 Å². The lowest BCUT2D eigenvalue weighted by atomic mass is 10.1. The van der Waals surface area contributed by atoms with E-state index in [0.29, 0.717) is 57.0 Å². The molecule has 0 fully saturated rings. The van der Waals surface area contributed by atoms with Gasteiger partial charge in [-0.25, -0.2) is 9.50 Å². The average Bonchev–Trinajstić information content (AvgIpc) is 3.30. The molecule has 0 atom stereocenters. The van der Waals surface area contributed by atoms with Gasteiger partial charge in [-0.1, -0.05) is 0 Å². The first-order chi connectivity index (χ1) is 16.5. The summed E-state index contributed by atoms with van der Waals surface area (Å²) in [7, 11) is 7.69. The van der Waals surface area contributed by atoms with Crippen LogP contribution < -0.4 is 29.0 Å². The molecule has 10 heteroatoms. The largest absolute Gasteiger partial charge is 0.493 e. The van der Waals surface area contributed by atoms with Gasteiger partial charge in [-0.2, -0.15) is 0 Å². The Hall–Kier alpha value is -4.47. The maximum Gasteiger partial charge on any atom is 0.255 e. The first-order valence-corrected chi connectivity index (χ1v) is 10.2. The number of hydrogen-bond acceptors (Lipinski definition) is 8. The van der Waals surface area contributed by atoms with Crippen LogP contribution >= 0.6 is 0 Å². The van der Waals surface area contributed by atoms with E-state index in [4.69, 9.17) is 23.7 Å². The Morgan fingerprint density at radius 2 is 1.47 bits per heavy atom. The number of anilines is 1. The summed E-state index contributed by atoms with van der Waals surface area (Å²) in [6, 6.07) is 12.0. The van der Waals surface area contributed by atoms with Gasteiger partial charge in [-0.15, -0.1) is 5.10 Å². The van der Waals surface area contributed by atoms with Crippen molar-refractivity contribution < 1.29 is 28.5 Å². The summed E-state index contributed by atoms with van der Waals surface area (Å²) in [6.45, 7) is 0. The molecule has 0 unspecified atom stereocenters. The van der Waals surface area contributed by atoms with Crippen LogP contribution in [0.3, 0.4) is 0 Å². The molecule has 0 saturated carbocycles. The number of carbonyl (C=O) groups excluding carboxylic acids is 1. The Balaban J connectivity index is 1.63. The summed E-state index contributed by atoms with van der Waals surface area (Å²) in [5, 5.41) is 7.41. The Bertz CT molecular complexity index is 1330. The zero-order valence-corrected chi connectivity index (χ0v) is 19.4. The number of ether oxygens (including phenoxy) is 5. The first kappa shape index (κ1) is 22.7. The standard InChI is InChI=1S/C24H24N4O6/c1-30-17-8-6-14(10-18(17)31-2)24(29)25-16-7-9-21-26-23(27-28(21)13-16)15-11-19(32-3)22(34-5)20(12-15)33-4/h6-13H,1-5H3,(H,25,29). The molecule has 0 aliphatic rings. The number of fused-ring (bicyclic) bond motifs is 1. The molecule has 1 N–H and O–H groups in total. The van der Waals surface area contributed by atoms with Crippen molar-refractivity contribution in [3.63, 3.8) is 0 Å². The number of rotatable bonds is 8. The van der Waals surface area contributed by atoms with Crippen LogP contribution in [0.2, 0.25) is 0 Å². The van der Waals surface area contributed by atoms with Gasteiger partial charge in [0.25, 0.3) is 5.91 Å². The molecule has 34 heavy (non-hydrogen) atoms. The zero-order valence-electron chi connectivity index (χ0n) is 19.4. The molecule has 2 heterocycles. The topological polar surface area (TPSA) is 105 Å². The fraction of sp³-hybridized carbons (Fsp3) is 0.208. The van der Waals surface area contributed by atoms with E-state index >= 15 is 0 Å². The smallest absolute Gasteiger partial charge is 0.255 e. The number of pyridine rings is 1. The normalized spacial score (nSPS) is 10.6. The van der Waals surface area contributed by atoms with Crippen molar-refractivity contribution in [1.29, 1.82) is 0 Å². The molecule has 0 radical (unpaired) electrons. The third-order valence-electron chi connectivity index (χ3n) is 5.16. The zero-order chi connectivity index (χ0) is 24.2. The third kappa shape index (κ3) is 4.25.